The number of amides is 1. The van der Waals surface area contributed by atoms with Crippen molar-refractivity contribution >= 4 is 44.0 Å². The van der Waals surface area contributed by atoms with Crippen LogP contribution >= 0.6 is 22.9 Å². The molecule has 19 heavy (non-hydrogen) atoms. The molecule has 1 aliphatic rings. The Morgan fingerprint density at radius 1 is 1.47 bits per heavy atom. The van der Waals surface area contributed by atoms with Crippen molar-refractivity contribution in [2.24, 2.45) is 0 Å². The molecule has 106 valence electrons. The molecule has 0 aliphatic heterocycles. The Bertz CT molecular complexity index is 577. The first-order valence-electron chi connectivity index (χ1n) is 5.58. The number of aromatic nitrogens is 2. The minimum atomic E-state index is -3.75. The van der Waals surface area contributed by atoms with Crippen LogP contribution in [0.5, 0.6) is 0 Å². The maximum atomic E-state index is 12.1. The molecule has 1 amide bonds. The van der Waals surface area contributed by atoms with Crippen molar-refractivity contribution in [1.29, 1.82) is 0 Å². The SMILES string of the molecule is CC(=O)Nc1nnc(S(=O)(=O)NC2(CCl)CCC2)s1. The highest BCUT2D eigenvalue weighted by atomic mass is 35.5. The predicted molar refractivity (Wildman–Crippen MR) is 71.8 cm³/mol. The number of nitrogens with zero attached hydrogens (tertiary/aromatic N) is 2. The molecule has 0 atom stereocenters. The third-order valence-corrected chi connectivity index (χ3v) is 6.13. The summed E-state index contributed by atoms with van der Waals surface area (Å²) in [5, 5.41) is 9.73. The van der Waals surface area contributed by atoms with Crippen molar-refractivity contribution in [1.82, 2.24) is 14.9 Å². The summed E-state index contributed by atoms with van der Waals surface area (Å²) < 4.78 is 26.6. The van der Waals surface area contributed by atoms with Gasteiger partial charge in [0.05, 0.1) is 0 Å². The highest BCUT2D eigenvalue weighted by molar-refractivity contribution is 7.91. The maximum absolute atomic E-state index is 12.1. The van der Waals surface area contributed by atoms with Gasteiger partial charge in [-0.25, -0.2) is 13.1 Å². The second kappa shape index (κ2) is 5.31. The van der Waals surface area contributed by atoms with Gasteiger partial charge in [0.25, 0.3) is 10.0 Å². The summed E-state index contributed by atoms with van der Waals surface area (Å²) >= 11 is 6.62. The van der Waals surface area contributed by atoms with Crippen LogP contribution in [0, 0.1) is 0 Å². The lowest BCUT2D eigenvalue weighted by Crippen LogP contribution is -2.54. The number of carbonyl (C=O) groups excluding carboxylic acids is 1. The highest BCUT2D eigenvalue weighted by Gasteiger charge is 2.41. The molecule has 0 unspecified atom stereocenters. The van der Waals surface area contributed by atoms with Gasteiger partial charge in [0.1, 0.15) is 0 Å². The molecule has 0 aromatic carbocycles. The monoisotopic (exact) mass is 324 g/mol. The molecule has 10 heteroatoms. The van der Waals surface area contributed by atoms with E-state index < -0.39 is 15.6 Å². The fourth-order valence-electron chi connectivity index (χ4n) is 1.71. The van der Waals surface area contributed by atoms with E-state index in [1.165, 1.54) is 6.92 Å². The van der Waals surface area contributed by atoms with E-state index in [2.05, 4.69) is 20.2 Å². The van der Waals surface area contributed by atoms with Crippen LogP contribution in [0.25, 0.3) is 0 Å². The van der Waals surface area contributed by atoms with Crippen molar-refractivity contribution in [3.63, 3.8) is 0 Å². The lowest BCUT2D eigenvalue weighted by molar-refractivity contribution is -0.114. The number of rotatable bonds is 5. The smallest absolute Gasteiger partial charge is 0.270 e. The van der Waals surface area contributed by atoms with Crippen LogP contribution in [0.1, 0.15) is 26.2 Å². The predicted octanol–water partition coefficient (Wildman–Crippen LogP) is 0.936. The Kier molecular flexibility index (Phi) is 4.09. The first-order chi connectivity index (χ1) is 8.87. The molecular formula is C9H13ClN4O3S2. The summed E-state index contributed by atoms with van der Waals surface area (Å²) in [6.45, 7) is 1.31. The van der Waals surface area contributed by atoms with E-state index in [1.54, 1.807) is 0 Å². The first kappa shape index (κ1) is 14.6. The van der Waals surface area contributed by atoms with Crippen LogP contribution in [0.2, 0.25) is 0 Å². The molecule has 1 aromatic heterocycles. The summed E-state index contributed by atoms with van der Waals surface area (Å²) in [6, 6.07) is 0. The quantitative estimate of drug-likeness (QED) is 0.620. The lowest BCUT2D eigenvalue weighted by Gasteiger charge is -2.40. The molecule has 1 fully saturated rings. The van der Waals surface area contributed by atoms with Gasteiger partial charge in [0.15, 0.2) is 0 Å². The average molecular weight is 325 g/mol. The second-order valence-corrected chi connectivity index (χ2v) is 7.53. The summed E-state index contributed by atoms with van der Waals surface area (Å²) in [5.74, 6) is -0.104. The molecule has 1 heterocycles. The van der Waals surface area contributed by atoms with Gasteiger partial charge in [-0.15, -0.1) is 21.8 Å². The molecule has 0 saturated heterocycles. The largest absolute Gasteiger partial charge is 0.301 e. The summed E-state index contributed by atoms with van der Waals surface area (Å²) in [4.78, 5) is 10.8. The van der Waals surface area contributed by atoms with Gasteiger partial charge in [0.2, 0.25) is 15.4 Å². The lowest BCUT2D eigenvalue weighted by atomic mass is 9.79. The van der Waals surface area contributed by atoms with Gasteiger partial charge in [-0.2, -0.15) is 0 Å². The number of nitrogens with one attached hydrogen (secondary N) is 2. The summed E-state index contributed by atoms with van der Waals surface area (Å²) in [5.41, 5.74) is -0.569. The van der Waals surface area contributed by atoms with E-state index in [1.807, 2.05) is 0 Å². The Morgan fingerprint density at radius 2 is 2.16 bits per heavy atom. The molecule has 2 rings (SSSR count). The number of alkyl halides is 1. The van der Waals surface area contributed by atoms with E-state index in [9.17, 15) is 13.2 Å². The molecule has 1 saturated carbocycles. The summed E-state index contributed by atoms with van der Waals surface area (Å²) in [6.07, 6.45) is 2.38. The third-order valence-electron chi connectivity index (χ3n) is 2.84. The standard InChI is InChI=1S/C9H13ClN4O3S2/c1-6(15)11-7-12-13-8(18-7)19(16,17)14-9(5-10)3-2-4-9/h14H,2-5H2,1H3,(H,11,12,15). The zero-order valence-electron chi connectivity index (χ0n) is 10.1. The van der Waals surface area contributed by atoms with Gasteiger partial charge in [-0.05, 0) is 19.3 Å². The van der Waals surface area contributed by atoms with Crippen LogP contribution in [-0.2, 0) is 14.8 Å². The molecule has 1 aromatic rings. The highest BCUT2D eigenvalue weighted by Crippen LogP contribution is 2.34. The van der Waals surface area contributed by atoms with E-state index in [4.69, 9.17) is 11.6 Å². The Morgan fingerprint density at radius 3 is 2.63 bits per heavy atom. The zero-order chi connectivity index (χ0) is 14.1. The van der Waals surface area contributed by atoms with E-state index in [0.29, 0.717) is 12.8 Å². The second-order valence-electron chi connectivity index (χ2n) is 4.43. The molecule has 2 N–H and O–H groups in total. The minimum absolute atomic E-state index is 0.154. The summed E-state index contributed by atoms with van der Waals surface area (Å²) in [7, 11) is -3.75. The molecule has 0 bridgehead atoms. The minimum Gasteiger partial charge on any atom is -0.301 e. The van der Waals surface area contributed by atoms with Gasteiger partial charge in [0, 0.05) is 18.3 Å². The van der Waals surface area contributed by atoms with Crippen molar-refractivity contribution in [3.8, 4) is 0 Å². The zero-order valence-corrected chi connectivity index (χ0v) is 12.5. The first-order valence-corrected chi connectivity index (χ1v) is 8.41. The number of halogens is 1. The molecule has 1 aliphatic carbocycles. The van der Waals surface area contributed by atoms with Crippen LogP contribution < -0.4 is 10.0 Å². The third kappa shape index (κ3) is 3.22. The van der Waals surface area contributed by atoms with Gasteiger partial charge < -0.3 is 5.32 Å². The van der Waals surface area contributed by atoms with Crippen LogP contribution in [0.4, 0.5) is 5.13 Å². The van der Waals surface area contributed by atoms with Crippen molar-refractivity contribution < 1.29 is 13.2 Å². The molecular weight excluding hydrogens is 312 g/mol. The Balaban J connectivity index is 2.15. The van der Waals surface area contributed by atoms with Crippen LogP contribution in [-0.4, -0.2) is 35.9 Å². The molecule has 0 radical (unpaired) electrons. The molecule has 0 spiro atoms. The number of hydrogen-bond acceptors (Lipinski definition) is 6. The maximum Gasteiger partial charge on any atom is 0.270 e. The normalized spacial score (nSPS) is 17.8. The average Bonchev–Trinajstić information content (AvgIpc) is 2.72. The van der Waals surface area contributed by atoms with Gasteiger partial charge in [-0.3, -0.25) is 4.79 Å². The number of carbonyl (C=O) groups is 1. The fraction of sp³-hybridized carbons (Fsp3) is 0.667. The van der Waals surface area contributed by atoms with E-state index in [-0.39, 0.29) is 21.3 Å². The fourth-order valence-corrected chi connectivity index (χ4v) is 4.53. The van der Waals surface area contributed by atoms with Gasteiger partial charge in [-0.1, -0.05) is 11.3 Å². The Hall–Kier alpha value is -0.770. The van der Waals surface area contributed by atoms with Crippen LogP contribution in [0.15, 0.2) is 4.34 Å². The van der Waals surface area contributed by atoms with E-state index in [0.717, 1.165) is 17.8 Å². The van der Waals surface area contributed by atoms with Crippen molar-refractivity contribution in [2.45, 2.75) is 36.1 Å². The van der Waals surface area contributed by atoms with E-state index >= 15 is 0 Å². The topological polar surface area (TPSA) is 101 Å². The Labute approximate surface area is 119 Å². The van der Waals surface area contributed by atoms with Crippen molar-refractivity contribution in [2.75, 3.05) is 11.2 Å². The molecule has 7 nitrogen and oxygen atoms in total. The van der Waals surface area contributed by atoms with Gasteiger partial charge >= 0.3 is 0 Å². The van der Waals surface area contributed by atoms with Crippen molar-refractivity contribution in [3.05, 3.63) is 0 Å². The van der Waals surface area contributed by atoms with Crippen LogP contribution in [0.3, 0.4) is 0 Å². The number of hydrogen-bond donors (Lipinski definition) is 2. The number of anilines is 1. The number of sulfonamides is 1.